The van der Waals surface area contributed by atoms with E-state index in [1.165, 1.54) is 11.1 Å². The standard InChI is InChI=1S/C14H23N5/c1-3-6-10-8-5-9-11(7-4-2)12(10)18-14(17)19-13(15)16/h5,8-9H,3-4,6-7H2,1-2H3,(H6,15,16,17,18,19). The van der Waals surface area contributed by atoms with E-state index in [-0.39, 0.29) is 11.9 Å². The molecule has 1 aromatic carbocycles. The number of aryl methyl sites for hydroxylation is 2. The fourth-order valence-electron chi connectivity index (χ4n) is 2.00. The predicted octanol–water partition coefficient (Wildman–Crippen LogP) is 1.81. The number of nitrogens with two attached hydrogens (primary N) is 3. The Bertz CT molecular complexity index is 448. The van der Waals surface area contributed by atoms with Crippen molar-refractivity contribution in [2.24, 2.45) is 27.2 Å². The van der Waals surface area contributed by atoms with Crippen molar-refractivity contribution >= 4 is 17.6 Å². The molecule has 1 rings (SSSR count). The van der Waals surface area contributed by atoms with Crippen molar-refractivity contribution in [3.63, 3.8) is 0 Å². The van der Waals surface area contributed by atoms with Crippen LogP contribution in [0.5, 0.6) is 0 Å². The molecular formula is C14H23N5. The lowest BCUT2D eigenvalue weighted by Crippen LogP contribution is -2.26. The first kappa shape index (κ1) is 15.0. The van der Waals surface area contributed by atoms with E-state index < -0.39 is 0 Å². The number of aliphatic imine (C=N–C) groups is 2. The maximum atomic E-state index is 5.74. The Morgan fingerprint density at radius 2 is 1.53 bits per heavy atom. The summed E-state index contributed by atoms with van der Waals surface area (Å²) in [6.07, 6.45) is 4.04. The molecule has 0 radical (unpaired) electrons. The van der Waals surface area contributed by atoms with Crippen LogP contribution in [0.1, 0.15) is 37.8 Å². The van der Waals surface area contributed by atoms with E-state index in [9.17, 15) is 0 Å². The second-order valence-electron chi connectivity index (χ2n) is 4.43. The summed E-state index contributed by atoms with van der Waals surface area (Å²) in [5.74, 6) is 0.0205. The SMILES string of the molecule is CCCc1cccc(CCC)c1N=C(N)N=C(N)N. The van der Waals surface area contributed by atoms with Crippen LogP contribution in [0.15, 0.2) is 28.2 Å². The Kier molecular flexibility index (Phi) is 5.85. The number of nitrogens with zero attached hydrogens (tertiary/aromatic N) is 2. The molecule has 19 heavy (non-hydrogen) atoms. The van der Waals surface area contributed by atoms with Gasteiger partial charge in [-0.05, 0) is 24.0 Å². The monoisotopic (exact) mass is 261 g/mol. The highest BCUT2D eigenvalue weighted by Crippen LogP contribution is 2.27. The second kappa shape index (κ2) is 7.41. The number of hydrogen-bond donors (Lipinski definition) is 3. The minimum atomic E-state index is -0.0775. The molecule has 0 aliphatic heterocycles. The smallest absolute Gasteiger partial charge is 0.223 e. The van der Waals surface area contributed by atoms with Crippen LogP contribution in [0, 0.1) is 0 Å². The third-order valence-corrected chi connectivity index (χ3v) is 2.71. The maximum Gasteiger partial charge on any atom is 0.223 e. The van der Waals surface area contributed by atoms with E-state index in [4.69, 9.17) is 17.2 Å². The first-order valence-electron chi connectivity index (χ1n) is 6.63. The molecule has 0 saturated carbocycles. The van der Waals surface area contributed by atoms with Crippen LogP contribution in [0.2, 0.25) is 0 Å². The Morgan fingerprint density at radius 3 is 1.95 bits per heavy atom. The van der Waals surface area contributed by atoms with Gasteiger partial charge in [-0.15, -0.1) is 0 Å². The topological polar surface area (TPSA) is 103 Å². The van der Waals surface area contributed by atoms with Crippen molar-refractivity contribution in [1.82, 2.24) is 0 Å². The summed E-state index contributed by atoms with van der Waals surface area (Å²) in [4.78, 5) is 8.16. The van der Waals surface area contributed by atoms with E-state index >= 15 is 0 Å². The lowest BCUT2D eigenvalue weighted by Gasteiger charge is -2.10. The van der Waals surface area contributed by atoms with Crippen LogP contribution < -0.4 is 17.2 Å². The Balaban J connectivity index is 3.23. The summed E-state index contributed by atoms with van der Waals surface area (Å²) in [5, 5.41) is 0. The van der Waals surface area contributed by atoms with E-state index in [2.05, 4.69) is 42.0 Å². The van der Waals surface area contributed by atoms with Gasteiger partial charge in [0.1, 0.15) is 0 Å². The van der Waals surface area contributed by atoms with E-state index in [1.54, 1.807) is 0 Å². The lowest BCUT2D eigenvalue weighted by molar-refractivity contribution is 0.895. The fraction of sp³-hybridized carbons (Fsp3) is 0.429. The first-order chi connectivity index (χ1) is 9.08. The molecule has 104 valence electrons. The van der Waals surface area contributed by atoms with Crippen molar-refractivity contribution in [1.29, 1.82) is 0 Å². The zero-order chi connectivity index (χ0) is 14.3. The van der Waals surface area contributed by atoms with Gasteiger partial charge in [-0.1, -0.05) is 44.9 Å². The van der Waals surface area contributed by atoms with Crippen molar-refractivity contribution in [3.8, 4) is 0 Å². The molecule has 0 saturated heterocycles. The molecule has 5 heteroatoms. The van der Waals surface area contributed by atoms with Crippen LogP contribution in [0.25, 0.3) is 0 Å². The summed E-state index contributed by atoms with van der Waals surface area (Å²) in [6, 6.07) is 6.21. The number of guanidine groups is 2. The van der Waals surface area contributed by atoms with Crippen LogP contribution in [0.4, 0.5) is 5.69 Å². The van der Waals surface area contributed by atoms with Gasteiger partial charge in [0.15, 0.2) is 5.96 Å². The quantitative estimate of drug-likeness (QED) is 0.556. The van der Waals surface area contributed by atoms with Gasteiger partial charge in [0.25, 0.3) is 0 Å². The van der Waals surface area contributed by atoms with Gasteiger partial charge in [-0.3, -0.25) is 0 Å². The van der Waals surface area contributed by atoms with Crippen LogP contribution in [0.3, 0.4) is 0 Å². The van der Waals surface area contributed by atoms with Crippen LogP contribution >= 0.6 is 0 Å². The number of hydrogen-bond acceptors (Lipinski definition) is 1. The summed E-state index contributed by atoms with van der Waals surface area (Å²) < 4.78 is 0. The van der Waals surface area contributed by atoms with Crippen LogP contribution in [-0.4, -0.2) is 11.9 Å². The molecule has 0 aliphatic rings. The summed E-state index contributed by atoms with van der Waals surface area (Å²) >= 11 is 0. The minimum absolute atomic E-state index is 0.0775. The van der Waals surface area contributed by atoms with Crippen LogP contribution in [-0.2, 0) is 12.8 Å². The van der Waals surface area contributed by atoms with E-state index in [0.29, 0.717) is 0 Å². The van der Waals surface area contributed by atoms with E-state index in [1.807, 2.05) is 0 Å². The van der Waals surface area contributed by atoms with Gasteiger partial charge < -0.3 is 17.2 Å². The highest BCUT2D eigenvalue weighted by molar-refractivity contribution is 5.93. The molecule has 0 aromatic heterocycles. The molecule has 0 heterocycles. The minimum Gasteiger partial charge on any atom is -0.370 e. The zero-order valence-corrected chi connectivity index (χ0v) is 11.7. The normalized spacial score (nSPS) is 11.4. The van der Waals surface area contributed by atoms with Gasteiger partial charge in [0, 0.05) is 0 Å². The first-order valence-corrected chi connectivity index (χ1v) is 6.63. The summed E-state index contributed by atoms with van der Waals surface area (Å²) in [7, 11) is 0. The van der Waals surface area contributed by atoms with Crippen molar-refractivity contribution in [2.45, 2.75) is 39.5 Å². The molecule has 0 aliphatic carbocycles. The Morgan fingerprint density at radius 1 is 1.00 bits per heavy atom. The molecular weight excluding hydrogens is 238 g/mol. The number of benzene rings is 1. The van der Waals surface area contributed by atoms with Gasteiger partial charge >= 0.3 is 0 Å². The van der Waals surface area contributed by atoms with Crippen molar-refractivity contribution < 1.29 is 0 Å². The second-order valence-corrected chi connectivity index (χ2v) is 4.43. The third-order valence-electron chi connectivity index (χ3n) is 2.71. The third kappa shape index (κ3) is 4.62. The molecule has 0 spiro atoms. The fourth-order valence-corrected chi connectivity index (χ4v) is 2.00. The van der Waals surface area contributed by atoms with Gasteiger partial charge in [-0.25, -0.2) is 4.99 Å². The highest BCUT2D eigenvalue weighted by Gasteiger charge is 2.07. The molecule has 0 bridgehead atoms. The Labute approximate surface area is 114 Å². The predicted molar refractivity (Wildman–Crippen MR) is 81.5 cm³/mol. The molecule has 0 atom stereocenters. The molecule has 5 nitrogen and oxygen atoms in total. The largest absolute Gasteiger partial charge is 0.370 e. The summed E-state index contributed by atoms with van der Waals surface area (Å²) in [5.41, 5.74) is 19.6. The molecule has 1 aromatic rings. The number of rotatable bonds is 5. The zero-order valence-electron chi connectivity index (χ0n) is 11.7. The van der Waals surface area contributed by atoms with Crippen molar-refractivity contribution in [3.05, 3.63) is 29.3 Å². The average Bonchev–Trinajstić information content (AvgIpc) is 2.32. The molecule has 6 N–H and O–H groups in total. The summed E-state index contributed by atoms with van der Waals surface area (Å²) in [6.45, 7) is 4.28. The van der Waals surface area contributed by atoms with Gasteiger partial charge in [0.2, 0.25) is 5.96 Å². The molecule has 0 unspecified atom stereocenters. The highest BCUT2D eigenvalue weighted by atomic mass is 15.1. The van der Waals surface area contributed by atoms with Gasteiger partial charge in [0.05, 0.1) is 5.69 Å². The lowest BCUT2D eigenvalue weighted by atomic mass is 10.0. The van der Waals surface area contributed by atoms with Gasteiger partial charge in [-0.2, -0.15) is 4.99 Å². The molecule has 0 fully saturated rings. The Hall–Kier alpha value is -2.04. The van der Waals surface area contributed by atoms with Crippen molar-refractivity contribution in [2.75, 3.05) is 0 Å². The van der Waals surface area contributed by atoms with E-state index in [0.717, 1.165) is 31.4 Å². The average molecular weight is 261 g/mol. The number of para-hydroxylation sites is 1. The molecule has 0 amide bonds. The maximum absolute atomic E-state index is 5.74.